The third-order valence-corrected chi connectivity index (χ3v) is 4.30. The third kappa shape index (κ3) is 14.4. The van der Waals surface area contributed by atoms with Crippen LogP contribution in [-0.4, -0.2) is 30.1 Å². The van der Waals surface area contributed by atoms with Crippen LogP contribution in [0.3, 0.4) is 0 Å². The van der Waals surface area contributed by atoms with Crippen molar-refractivity contribution in [2.75, 3.05) is 7.11 Å². The van der Waals surface area contributed by atoms with E-state index in [1.54, 1.807) is 0 Å². The minimum absolute atomic E-state index is 0.0753. The van der Waals surface area contributed by atoms with Crippen molar-refractivity contribution in [2.45, 2.75) is 103 Å². The Hall–Kier alpha value is -0.900. The average Bonchev–Trinajstić information content (AvgIpc) is 2.54. The van der Waals surface area contributed by atoms with Gasteiger partial charge in [0.1, 0.15) is 6.10 Å². The minimum Gasteiger partial charge on any atom is -0.481 e. The van der Waals surface area contributed by atoms with Crippen LogP contribution < -0.4 is 0 Å². The molecule has 0 bridgehead atoms. The molecule has 0 aromatic carbocycles. The highest BCUT2D eigenvalue weighted by atomic mass is 16.5. The topological polar surface area (TPSA) is 63.6 Å². The fraction of sp³-hybridized carbons (Fsp3) is 0.895. The SMILES string of the molecule is CCCCCCCCCCCCCC(OC)C(=O)CCC(=O)O. The number of carbonyl (C=O) groups excluding carboxylic acids is 1. The number of unbranched alkanes of at least 4 members (excludes halogenated alkanes) is 10. The zero-order valence-electron chi connectivity index (χ0n) is 15.1. The molecule has 0 fully saturated rings. The van der Waals surface area contributed by atoms with Crippen molar-refractivity contribution in [3.63, 3.8) is 0 Å². The predicted molar refractivity (Wildman–Crippen MR) is 93.8 cm³/mol. The Kier molecular flexibility index (Phi) is 15.4. The molecular weight excluding hydrogens is 292 g/mol. The molecule has 0 aliphatic carbocycles. The largest absolute Gasteiger partial charge is 0.481 e. The Bertz CT molecular complexity index is 302. The van der Waals surface area contributed by atoms with Gasteiger partial charge in [0.2, 0.25) is 0 Å². The molecule has 1 atom stereocenters. The van der Waals surface area contributed by atoms with E-state index in [0.717, 1.165) is 12.8 Å². The molecule has 1 unspecified atom stereocenters. The van der Waals surface area contributed by atoms with Crippen LogP contribution in [0, 0.1) is 0 Å². The number of Topliss-reactive ketones (excluding diaryl/α,β-unsaturated/α-hetero) is 1. The molecule has 0 radical (unpaired) electrons. The maximum absolute atomic E-state index is 11.8. The van der Waals surface area contributed by atoms with E-state index in [9.17, 15) is 9.59 Å². The number of carboxylic acids is 1. The summed E-state index contributed by atoms with van der Waals surface area (Å²) in [6.07, 6.45) is 14.3. The van der Waals surface area contributed by atoms with E-state index in [0.29, 0.717) is 6.42 Å². The Morgan fingerprint density at radius 2 is 1.30 bits per heavy atom. The van der Waals surface area contributed by atoms with Crippen molar-refractivity contribution in [2.24, 2.45) is 0 Å². The first-order valence-corrected chi connectivity index (χ1v) is 9.39. The van der Waals surface area contributed by atoms with Crippen LogP contribution in [0.2, 0.25) is 0 Å². The smallest absolute Gasteiger partial charge is 0.303 e. The summed E-state index contributed by atoms with van der Waals surface area (Å²) in [5.41, 5.74) is 0. The van der Waals surface area contributed by atoms with E-state index >= 15 is 0 Å². The van der Waals surface area contributed by atoms with Gasteiger partial charge in [-0.05, 0) is 6.42 Å². The lowest BCUT2D eigenvalue weighted by Crippen LogP contribution is -2.23. The average molecular weight is 328 g/mol. The standard InChI is InChI=1S/C19H36O4/c1-3-4-5-6-7-8-9-10-11-12-13-14-18(23-2)17(20)15-16-19(21)22/h18H,3-16H2,1-2H3,(H,21,22). The van der Waals surface area contributed by atoms with Crippen LogP contribution in [0.25, 0.3) is 0 Å². The van der Waals surface area contributed by atoms with Gasteiger partial charge in [-0.15, -0.1) is 0 Å². The lowest BCUT2D eigenvalue weighted by molar-refractivity contribution is -0.140. The fourth-order valence-corrected chi connectivity index (χ4v) is 2.80. The van der Waals surface area contributed by atoms with Crippen LogP contribution in [0.5, 0.6) is 0 Å². The Labute approximate surface area is 142 Å². The van der Waals surface area contributed by atoms with Crippen LogP contribution in [0.15, 0.2) is 0 Å². The number of carboxylic acid groups (broad SMARTS) is 1. The highest BCUT2D eigenvalue weighted by Gasteiger charge is 2.17. The first-order valence-electron chi connectivity index (χ1n) is 9.39. The van der Waals surface area contributed by atoms with Crippen molar-refractivity contribution >= 4 is 11.8 Å². The molecule has 4 heteroatoms. The molecule has 0 aromatic heterocycles. The van der Waals surface area contributed by atoms with Gasteiger partial charge >= 0.3 is 5.97 Å². The highest BCUT2D eigenvalue weighted by Crippen LogP contribution is 2.14. The molecule has 0 rings (SSSR count). The highest BCUT2D eigenvalue weighted by molar-refractivity contribution is 5.85. The van der Waals surface area contributed by atoms with E-state index in [2.05, 4.69) is 6.92 Å². The molecule has 0 heterocycles. The second-order valence-corrected chi connectivity index (χ2v) is 6.41. The van der Waals surface area contributed by atoms with Crippen LogP contribution >= 0.6 is 0 Å². The number of rotatable bonds is 17. The number of carbonyl (C=O) groups is 2. The van der Waals surface area contributed by atoms with Gasteiger partial charge < -0.3 is 9.84 Å². The summed E-state index contributed by atoms with van der Waals surface area (Å²) in [6, 6.07) is 0. The zero-order chi connectivity index (χ0) is 17.3. The molecule has 0 saturated carbocycles. The first-order chi connectivity index (χ1) is 11.1. The lowest BCUT2D eigenvalue weighted by atomic mass is 10.0. The normalized spacial score (nSPS) is 12.3. The monoisotopic (exact) mass is 328 g/mol. The van der Waals surface area contributed by atoms with Gasteiger partial charge in [0.15, 0.2) is 5.78 Å². The maximum atomic E-state index is 11.8. The molecule has 0 aliphatic rings. The Balaban J connectivity index is 3.47. The Morgan fingerprint density at radius 1 is 0.826 bits per heavy atom. The predicted octanol–water partition coefficient (Wildman–Crippen LogP) is 5.14. The van der Waals surface area contributed by atoms with Gasteiger partial charge in [0.05, 0.1) is 6.42 Å². The number of hydrogen-bond acceptors (Lipinski definition) is 3. The second-order valence-electron chi connectivity index (χ2n) is 6.41. The summed E-state index contributed by atoms with van der Waals surface area (Å²) < 4.78 is 5.19. The summed E-state index contributed by atoms with van der Waals surface area (Å²) in [4.78, 5) is 22.3. The summed E-state index contributed by atoms with van der Waals surface area (Å²) in [5.74, 6) is -1.01. The second kappa shape index (κ2) is 16.0. The van der Waals surface area contributed by atoms with Crippen LogP contribution in [0.1, 0.15) is 96.8 Å². The van der Waals surface area contributed by atoms with Gasteiger partial charge in [-0.1, -0.05) is 77.6 Å². The minimum atomic E-state index is -0.928. The molecule has 1 N–H and O–H groups in total. The number of methoxy groups -OCH3 is 1. The number of aliphatic carboxylic acids is 1. The van der Waals surface area contributed by atoms with Gasteiger partial charge in [0.25, 0.3) is 0 Å². The summed E-state index contributed by atoms with van der Waals surface area (Å²) in [7, 11) is 1.53. The van der Waals surface area contributed by atoms with E-state index in [1.165, 1.54) is 64.9 Å². The molecule has 0 saturated heterocycles. The Morgan fingerprint density at radius 3 is 1.74 bits per heavy atom. The molecular formula is C19H36O4. The number of ether oxygens (including phenoxy) is 1. The van der Waals surface area contributed by atoms with Crippen molar-refractivity contribution in [1.82, 2.24) is 0 Å². The zero-order valence-corrected chi connectivity index (χ0v) is 15.1. The summed E-state index contributed by atoms with van der Waals surface area (Å²) >= 11 is 0. The molecule has 0 spiro atoms. The van der Waals surface area contributed by atoms with Crippen LogP contribution in [-0.2, 0) is 14.3 Å². The van der Waals surface area contributed by atoms with E-state index in [1.807, 2.05) is 0 Å². The lowest BCUT2D eigenvalue weighted by Gasteiger charge is -2.13. The molecule has 0 amide bonds. The van der Waals surface area contributed by atoms with Gasteiger partial charge in [-0.2, -0.15) is 0 Å². The molecule has 0 aromatic rings. The van der Waals surface area contributed by atoms with Gasteiger partial charge in [0, 0.05) is 13.5 Å². The fourth-order valence-electron chi connectivity index (χ4n) is 2.80. The number of ketones is 1. The first kappa shape index (κ1) is 22.1. The number of hydrogen-bond donors (Lipinski definition) is 1. The third-order valence-electron chi connectivity index (χ3n) is 4.30. The van der Waals surface area contributed by atoms with E-state index < -0.39 is 12.1 Å². The maximum Gasteiger partial charge on any atom is 0.303 e. The van der Waals surface area contributed by atoms with Gasteiger partial charge in [-0.25, -0.2) is 0 Å². The van der Waals surface area contributed by atoms with Crippen molar-refractivity contribution in [1.29, 1.82) is 0 Å². The van der Waals surface area contributed by atoms with Crippen molar-refractivity contribution in [3.05, 3.63) is 0 Å². The summed E-state index contributed by atoms with van der Waals surface area (Å²) in [5, 5.41) is 8.60. The molecule has 23 heavy (non-hydrogen) atoms. The van der Waals surface area contributed by atoms with E-state index in [-0.39, 0.29) is 18.6 Å². The molecule has 4 nitrogen and oxygen atoms in total. The molecule has 136 valence electrons. The summed E-state index contributed by atoms with van der Waals surface area (Å²) in [6.45, 7) is 2.24. The van der Waals surface area contributed by atoms with Crippen molar-refractivity contribution < 1.29 is 19.4 Å². The van der Waals surface area contributed by atoms with Crippen LogP contribution in [0.4, 0.5) is 0 Å². The van der Waals surface area contributed by atoms with Gasteiger partial charge in [-0.3, -0.25) is 9.59 Å². The quantitative estimate of drug-likeness (QED) is 0.376. The van der Waals surface area contributed by atoms with E-state index in [4.69, 9.17) is 9.84 Å². The molecule has 0 aliphatic heterocycles. The van der Waals surface area contributed by atoms with Crippen molar-refractivity contribution in [3.8, 4) is 0 Å².